The Kier molecular flexibility index (Phi) is 8.51. The summed E-state index contributed by atoms with van der Waals surface area (Å²) in [7, 11) is 0. The van der Waals surface area contributed by atoms with E-state index in [0.29, 0.717) is 0 Å². The van der Waals surface area contributed by atoms with E-state index in [1.807, 2.05) is 0 Å². The molecule has 0 spiro atoms. The maximum Gasteiger partial charge on any atom is 0.136 e. The van der Waals surface area contributed by atoms with E-state index in [4.69, 9.17) is 4.42 Å². The molecule has 1 heterocycles. The fourth-order valence-corrected chi connectivity index (χ4v) is 11.6. The first kappa shape index (κ1) is 38.3. The molecule has 2 aliphatic rings. The van der Waals surface area contributed by atoms with E-state index in [-0.39, 0.29) is 5.41 Å². The van der Waals surface area contributed by atoms with Gasteiger partial charge >= 0.3 is 0 Å². The fourth-order valence-electron chi connectivity index (χ4n) is 11.6. The maximum atomic E-state index is 6.68. The maximum absolute atomic E-state index is 6.68. The topological polar surface area (TPSA) is 16.4 Å². The number of para-hydroxylation sites is 1. The van der Waals surface area contributed by atoms with Crippen LogP contribution in [-0.4, -0.2) is 0 Å². The Hall–Kier alpha value is -8.20. The first-order chi connectivity index (χ1) is 32.5. The summed E-state index contributed by atoms with van der Waals surface area (Å²) in [6.07, 6.45) is 0. The number of fused-ring (bicyclic) bond motifs is 9. The number of rotatable bonds is 7. The second-order valence-corrected chi connectivity index (χ2v) is 18.4. The van der Waals surface area contributed by atoms with E-state index in [1.165, 1.54) is 83.3 Å². The van der Waals surface area contributed by atoms with Crippen molar-refractivity contribution < 1.29 is 4.42 Å². The van der Waals surface area contributed by atoms with E-state index < -0.39 is 5.41 Å². The Labute approximate surface area is 385 Å². The zero-order valence-corrected chi connectivity index (χ0v) is 36.9. The summed E-state index contributed by atoms with van der Waals surface area (Å²) in [6, 6.07) is 86.9. The van der Waals surface area contributed by atoms with Crippen molar-refractivity contribution in [1.82, 2.24) is 0 Å². The lowest BCUT2D eigenvalue weighted by Crippen LogP contribution is -2.28. The number of nitrogens with zero attached hydrogens (tertiary/aromatic N) is 1. The van der Waals surface area contributed by atoms with Crippen LogP contribution in [0.1, 0.15) is 47.2 Å². The predicted octanol–water partition coefficient (Wildman–Crippen LogP) is 17.1. The lowest BCUT2D eigenvalue weighted by Gasteiger charge is -2.35. The van der Waals surface area contributed by atoms with Gasteiger partial charge in [0.15, 0.2) is 0 Å². The van der Waals surface area contributed by atoms with Gasteiger partial charge in [-0.05, 0) is 121 Å². The molecule has 2 heteroatoms. The van der Waals surface area contributed by atoms with Gasteiger partial charge in [-0.25, -0.2) is 0 Å². The molecule has 0 atom stereocenters. The molecule has 312 valence electrons. The molecule has 0 aliphatic heterocycles. The molecule has 0 unspecified atom stereocenters. The minimum atomic E-state index is -0.524. The van der Waals surface area contributed by atoms with Crippen molar-refractivity contribution in [3.05, 3.63) is 270 Å². The van der Waals surface area contributed by atoms with Crippen LogP contribution in [0.4, 0.5) is 17.1 Å². The molecule has 0 bridgehead atoms. The van der Waals surface area contributed by atoms with Crippen LogP contribution >= 0.6 is 0 Å². The number of benzene rings is 10. The van der Waals surface area contributed by atoms with Crippen LogP contribution in [0.5, 0.6) is 0 Å². The third-order valence-electron chi connectivity index (χ3n) is 14.5. The van der Waals surface area contributed by atoms with Gasteiger partial charge < -0.3 is 9.32 Å². The number of furan rings is 1. The molecule has 13 rings (SSSR count). The first-order valence-electron chi connectivity index (χ1n) is 23.0. The van der Waals surface area contributed by atoms with Crippen molar-refractivity contribution >= 4 is 39.0 Å². The minimum absolute atomic E-state index is 0.324. The summed E-state index contributed by atoms with van der Waals surface area (Å²) in [5.74, 6) is 0. The van der Waals surface area contributed by atoms with Gasteiger partial charge in [0.2, 0.25) is 0 Å². The Balaban J connectivity index is 1.05. The minimum Gasteiger partial charge on any atom is -0.456 e. The van der Waals surface area contributed by atoms with Crippen molar-refractivity contribution in [3.8, 4) is 44.5 Å². The van der Waals surface area contributed by atoms with Gasteiger partial charge in [-0.3, -0.25) is 0 Å². The number of anilines is 3. The molecule has 1 aromatic heterocycles. The third-order valence-corrected chi connectivity index (χ3v) is 14.5. The SMILES string of the molecule is CC1(C)c2cc(N(c3ccc(-c4ccccc4)cc3)c3ccc4c(c3)C(c3ccccc3)(c3ccccc3)c3ccccc3-4)ccc2-c2c1cc1oc3ccccc3c1c2-c1ccccc1. The molecule has 66 heavy (non-hydrogen) atoms. The molecule has 2 nitrogen and oxygen atoms in total. The Morgan fingerprint density at radius 1 is 0.348 bits per heavy atom. The average molecular weight is 844 g/mol. The van der Waals surface area contributed by atoms with Gasteiger partial charge in [0.25, 0.3) is 0 Å². The summed E-state index contributed by atoms with van der Waals surface area (Å²) in [6.45, 7) is 4.76. The van der Waals surface area contributed by atoms with Gasteiger partial charge in [0.05, 0.1) is 5.41 Å². The molecule has 0 radical (unpaired) electrons. The predicted molar refractivity (Wildman–Crippen MR) is 274 cm³/mol. The van der Waals surface area contributed by atoms with Gasteiger partial charge in [-0.15, -0.1) is 0 Å². The standard InChI is InChI=1S/C64H45NO/c1-63(2)55-39-48(36-38-52(55)61-57(63)41-59-62(53-28-16-18-30-58(53)66-59)60(61)44-21-9-4-10-22-44)65(47-33-31-43(32-34-47)42-19-7-3-8-20-42)49-35-37-51-50-27-15-17-29-54(50)64(56(51)40-49,45-23-11-5-12-24-45)46-25-13-6-14-26-46/h3-41H,1-2H3. The lowest BCUT2D eigenvalue weighted by molar-refractivity contribution is 0.647. The first-order valence-corrected chi connectivity index (χ1v) is 23.0. The van der Waals surface area contributed by atoms with Gasteiger partial charge in [-0.2, -0.15) is 0 Å². The van der Waals surface area contributed by atoms with Crippen molar-refractivity contribution in [3.63, 3.8) is 0 Å². The summed E-state index contributed by atoms with van der Waals surface area (Å²) in [5, 5.41) is 2.31. The number of hydrogen-bond donors (Lipinski definition) is 0. The van der Waals surface area contributed by atoms with Crippen LogP contribution in [-0.2, 0) is 10.8 Å². The third kappa shape index (κ3) is 5.55. The smallest absolute Gasteiger partial charge is 0.136 e. The van der Waals surface area contributed by atoms with E-state index in [0.717, 1.165) is 33.6 Å². The van der Waals surface area contributed by atoms with Crippen molar-refractivity contribution in [1.29, 1.82) is 0 Å². The molecule has 2 aliphatic carbocycles. The van der Waals surface area contributed by atoms with Crippen LogP contribution in [0.25, 0.3) is 66.4 Å². The van der Waals surface area contributed by atoms with Gasteiger partial charge in [-0.1, -0.05) is 202 Å². The zero-order valence-electron chi connectivity index (χ0n) is 36.9. The van der Waals surface area contributed by atoms with Crippen LogP contribution in [0.3, 0.4) is 0 Å². The van der Waals surface area contributed by atoms with Crippen LogP contribution in [0.15, 0.2) is 241 Å². The summed E-state index contributed by atoms with van der Waals surface area (Å²) < 4.78 is 6.68. The lowest BCUT2D eigenvalue weighted by atomic mass is 9.67. The molecule has 0 saturated heterocycles. The molecular formula is C64H45NO. The zero-order chi connectivity index (χ0) is 44.0. The van der Waals surface area contributed by atoms with E-state index in [2.05, 4.69) is 255 Å². The van der Waals surface area contributed by atoms with E-state index >= 15 is 0 Å². The van der Waals surface area contributed by atoms with E-state index in [1.54, 1.807) is 0 Å². The Morgan fingerprint density at radius 2 is 0.864 bits per heavy atom. The molecule has 0 amide bonds. The molecule has 0 saturated carbocycles. The normalized spacial score (nSPS) is 13.8. The van der Waals surface area contributed by atoms with Crippen LogP contribution in [0, 0.1) is 0 Å². The van der Waals surface area contributed by atoms with Crippen molar-refractivity contribution in [2.45, 2.75) is 24.7 Å². The molecular weight excluding hydrogens is 799 g/mol. The van der Waals surface area contributed by atoms with Crippen LogP contribution in [0.2, 0.25) is 0 Å². The highest BCUT2D eigenvalue weighted by Gasteiger charge is 2.46. The second kappa shape index (κ2) is 14.7. The average Bonchev–Trinajstić information content (AvgIpc) is 3.98. The summed E-state index contributed by atoms with van der Waals surface area (Å²) in [5.41, 5.74) is 21.9. The molecule has 0 N–H and O–H groups in total. The molecule has 0 fully saturated rings. The van der Waals surface area contributed by atoms with Gasteiger partial charge in [0.1, 0.15) is 11.2 Å². The van der Waals surface area contributed by atoms with Crippen molar-refractivity contribution in [2.24, 2.45) is 0 Å². The Morgan fingerprint density at radius 3 is 1.55 bits per heavy atom. The highest BCUT2D eigenvalue weighted by atomic mass is 16.3. The largest absolute Gasteiger partial charge is 0.456 e. The highest BCUT2D eigenvalue weighted by molar-refractivity contribution is 6.17. The monoisotopic (exact) mass is 843 g/mol. The highest BCUT2D eigenvalue weighted by Crippen LogP contribution is 2.59. The summed E-state index contributed by atoms with van der Waals surface area (Å²) >= 11 is 0. The summed E-state index contributed by atoms with van der Waals surface area (Å²) in [4.78, 5) is 2.47. The second-order valence-electron chi connectivity index (χ2n) is 18.4. The van der Waals surface area contributed by atoms with Crippen molar-refractivity contribution in [2.75, 3.05) is 4.90 Å². The fraction of sp³-hybridized carbons (Fsp3) is 0.0625. The number of hydrogen-bond acceptors (Lipinski definition) is 2. The van der Waals surface area contributed by atoms with Gasteiger partial charge in [0, 0.05) is 38.8 Å². The molecule has 10 aromatic carbocycles. The van der Waals surface area contributed by atoms with Crippen LogP contribution < -0.4 is 4.90 Å². The Bertz CT molecular complexity index is 3600. The van der Waals surface area contributed by atoms with E-state index in [9.17, 15) is 0 Å². The quantitative estimate of drug-likeness (QED) is 0.159. The molecule has 11 aromatic rings.